The largest absolute Gasteiger partial charge is 0.474 e. The molecule has 3 N–H and O–H groups in total. The number of aliphatic imine (C=N–C) groups is 1. The number of halogens is 1. The van der Waals surface area contributed by atoms with Gasteiger partial charge < -0.3 is 20.5 Å². The maximum Gasteiger partial charge on any atom is 0.224 e. The van der Waals surface area contributed by atoms with Crippen LogP contribution < -0.4 is 15.4 Å². The van der Waals surface area contributed by atoms with Gasteiger partial charge in [0.05, 0.1) is 52.5 Å². The Kier molecular flexibility index (Phi) is 13.8. The molecule has 6 atom stereocenters. The third-order valence-electron chi connectivity index (χ3n) is 14.4. The molecule has 1 unspecified atom stereocenters. The van der Waals surface area contributed by atoms with Gasteiger partial charge in [0.15, 0.2) is 11.6 Å². The van der Waals surface area contributed by atoms with Gasteiger partial charge in [-0.25, -0.2) is 9.97 Å². The number of nitrogens with one attached hydrogen (secondary N) is 2. The van der Waals surface area contributed by atoms with Crippen LogP contribution in [0.3, 0.4) is 0 Å². The van der Waals surface area contributed by atoms with Gasteiger partial charge in [-0.1, -0.05) is 61.8 Å². The second kappa shape index (κ2) is 20.2. The van der Waals surface area contributed by atoms with E-state index >= 15 is 0 Å². The van der Waals surface area contributed by atoms with Crippen LogP contribution in [-0.4, -0.2) is 81.2 Å². The van der Waals surface area contributed by atoms with Crippen molar-refractivity contribution in [2.24, 2.45) is 22.7 Å². The van der Waals surface area contributed by atoms with Gasteiger partial charge in [0.2, 0.25) is 17.7 Å². The SMILES string of the molecule is Cc1ncsc1-c1ccc([C@H](C)NC(=O)[C@@H]2C[C@@H](O)CC2C(=O)[C@@H](C(C)C)n2cc(-c3ccnc(O[C@H]4C[C@H](NC(=O)C[C@@H]5N=C(c6ccc(Cl)cc6)c6c(sc(C)c6C)-n6c(C)nnc65)C4)c3)cn2)cc1. The fraction of sp³-hybridized carbons (Fsp3) is 0.389. The van der Waals surface area contributed by atoms with Crippen LogP contribution in [0.4, 0.5) is 0 Å². The van der Waals surface area contributed by atoms with Gasteiger partial charge in [0.1, 0.15) is 29.0 Å². The maximum atomic E-state index is 14.5. The van der Waals surface area contributed by atoms with Crippen LogP contribution in [-0.2, 0) is 14.4 Å². The number of aromatic nitrogens is 7. The summed E-state index contributed by atoms with van der Waals surface area (Å²) in [4.78, 5) is 58.5. The van der Waals surface area contributed by atoms with Crippen molar-refractivity contribution in [1.29, 1.82) is 0 Å². The van der Waals surface area contributed by atoms with E-state index < -0.39 is 30.0 Å². The molecule has 2 saturated carbocycles. The number of nitrogens with zero attached hydrogens (tertiary/aromatic N) is 8. The molecule has 0 bridgehead atoms. The monoisotopic (exact) mass is 1020 g/mol. The highest BCUT2D eigenvalue weighted by atomic mass is 35.5. The predicted octanol–water partition coefficient (Wildman–Crippen LogP) is 9.64. The Balaban J connectivity index is 0.762. The molecule has 372 valence electrons. The number of carbonyl (C=O) groups is 3. The Labute approximate surface area is 431 Å². The number of hydrogen-bond acceptors (Lipinski definition) is 13. The highest BCUT2D eigenvalue weighted by Crippen LogP contribution is 2.41. The molecule has 0 spiro atoms. The first-order valence-corrected chi connectivity index (χ1v) is 26.5. The van der Waals surface area contributed by atoms with Crippen molar-refractivity contribution in [3.8, 4) is 32.4 Å². The molecule has 2 fully saturated rings. The molecule has 15 nitrogen and oxygen atoms in total. The lowest BCUT2D eigenvalue weighted by Gasteiger charge is -2.35. The van der Waals surface area contributed by atoms with Crippen LogP contribution in [0.5, 0.6) is 5.88 Å². The number of thiophene rings is 1. The molecule has 2 aromatic carbocycles. The lowest BCUT2D eigenvalue weighted by Crippen LogP contribution is -2.49. The molecule has 2 amide bonds. The molecule has 72 heavy (non-hydrogen) atoms. The van der Waals surface area contributed by atoms with Gasteiger partial charge in [-0.2, -0.15) is 5.10 Å². The third-order valence-corrected chi connectivity index (χ3v) is 16.8. The number of benzene rings is 2. The molecule has 5 aromatic heterocycles. The highest BCUT2D eigenvalue weighted by Gasteiger charge is 2.46. The number of amides is 2. The molecular formula is C54H57ClN10O5S2. The summed E-state index contributed by atoms with van der Waals surface area (Å²) in [6.07, 6.45) is 6.06. The quantitative estimate of drug-likeness (QED) is 0.0891. The molecular weight excluding hydrogens is 968 g/mol. The zero-order valence-electron chi connectivity index (χ0n) is 41.2. The molecule has 2 aliphatic carbocycles. The van der Waals surface area contributed by atoms with Crippen molar-refractivity contribution >= 4 is 57.6 Å². The van der Waals surface area contributed by atoms with Gasteiger partial charge in [-0.15, -0.1) is 32.9 Å². The predicted molar refractivity (Wildman–Crippen MR) is 279 cm³/mol. The summed E-state index contributed by atoms with van der Waals surface area (Å²) < 4.78 is 10.0. The van der Waals surface area contributed by atoms with E-state index in [1.165, 1.54) is 4.88 Å². The van der Waals surface area contributed by atoms with E-state index in [1.54, 1.807) is 39.7 Å². The minimum Gasteiger partial charge on any atom is -0.474 e. The van der Waals surface area contributed by atoms with Gasteiger partial charge >= 0.3 is 0 Å². The Hall–Kier alpha value is -6.40. The van der Waals surface area contributed by atoms with Crippen molar-refractivity contribution in [3.63, 3.8) is 0 Å². The first-order chi connectivity index (χ1) is 34.6. The van der Waals surface area contributed by atoms with Crippen LogP contribution in [0.1, 0.15) is 115 Å². The summed E-state index contributed by atoms with van der Waals surface area (Å²) in [5.41, 5.74) is 10.3. The van der Waals surface area contributed by atoms with E-state index in [9.17, 15) is 19.5 Å². The molecule has 3 aliphatic rings. The molecule has 6 heterocycles. The number of Topliss-reactive ketones (excluding diaryl/α,β-unsaturated/α-hetero) is 1. The first kappa shape index (κ1) is 49.2. The lowest BCUT2D eigenvalue weighted by atomic mass is 9.84. The van der Waals surface area contributed by atoms with Crippen molar-refractivity contribution in [2.75, 3.05) is 0 Å². The summed E-state index contributed by atoms with van der Waals surface area (Å²) in [7, 11) is 0. The molecule has 0 radical (unpaired) electrons. The van der Waals surface area contributed by atoms with Crippen LogP contribution in [0.25, 0.3) is 26.6 Å². The summed E-state index contributed by atoms with van der Waals surface area (Å²) in [6, 6.07) is 17.8. The van der Waals surface area contributed by atoms with Crippen molar-refractivity contribution in [3.05, 3.63) is 134 Å². The number of fused-ring (bicyclic) bond motifs is 3. The van der Waals surface area contributed by atoms with Crippen LogP contribution in [0, 0.1) is 45.4 Å². The fourth-order valence-electron chi connectivity index (χ4n) is 10.3. The maximum absolute atomic E-state index is 14.5. The van der Waals surface area contributed by atoms with Crippen LogP contribution >= 0.6 is 34.3 Å². The van der Waals surface area contributed by atoms with Gasteiger partial charge in [-0.3, -0.25) is 28.6 Å². The van der Waals surface area contributed by atoms with E-state index in [1.807, 2.05) is 112 Å². The zero-order valence-corrected chi connectivity index (χ0v) is 43.6. The highest BCUT2D eigenvalue weighted by molar-refractivity contribution is 7.15. The number of ether oxygens (including phenoxy) is 1. The van der Waals surface area contributed by atoms with E-state index in [0.29, 0.717) is 29.6 Å². The standard InChI is InChI=1S/C54H57ClN10O5S2/c1-27(2)49(50(68)42-21-40(66)22-43(42)53(69)59-29(4)33-8-10-35(11-9-33)51-30(5)57-26-71-51)64-25-37(24-58-64)36-16-17-56-46(18-36)70-41-19-39(20-41)60-45(67)23-44-52-63-62-32(7)65(52)54-47(28(3)31(6)72-54)48(61-44)34-12-14-38(55)15-13-34/h8-18,24-27,29,39-44,49,66H,19-23H2,1-7H3,(H,59,69)(H,60,67)/t29-,39-,40-,41-,42?,43+,44-,49+/m0/s1. The number of thiazole rings is 1. The summed E-state index contributed by atoms with van der Waals surface area (Å²) >= 11 is 9.55. The number of rotatable bonds is 15. The second-order valence-electron chi connectivity index (χ2n) is 19.7. The molecule has 0 saturated heterocycles. The first-order valence-electron chi connectivity index (χ1n) is 24.5. The molecule has 1 aliphatic heterocycles. The fourth-order valence-corrected chi connectivity index (χ4v) is 12.5. The number of ketones is 1. The average Bonchev–Trinajstić information content (AvgIpc) is 4.19. The van der Waals surface area contributed by atoms with Crippen molar-refractivity contribution in [1.82, 2.24) is 45.1 Å². The second-order valence-corrected chi connectivity index (χ2v) is 22.2. The van der Waals surface area contributed by atoms with Gasteiger partial charge in [-0.05, 0) is 93.8 Å². The van der Waals surface area contributed by atoms with Crippen LogP contribution in [0.2, 0.25) is 5.02 Å². The summed E-state index contributed by atoms with van der Waals surface area (Å²) in [6.45, 7) is 14.0. The Morgan fingerprint density at radius 1 is 0.889 bits per heavy atom. The number of aliphatic hydroxyl groups excluding tert-OH is 1. The minimum atomic E-state index is -0.765. The van der Waals surface area contributed by atoms with E-state index in [2.05, 4.69) is 49.7 Å². The Bertz CT molecular complexity index is 3190. The summed E-state index contributed by atoms with van der Waals surface area (Å²) in [5.74, 6) is -0.199. The Morgan fingerprint density at radius 3 is 2.35 bits per heavy atom. The smallest absolute Gasteiger partial charge is 0.224 e. The van der Waals surface area contributed by atoms with Crippen molar-refractivity contribution < 1.29 is 24.2 Å². The number of pyridine rings is 1. The number of aryl methyl sites for hydroxylation is 3. The number of aliphatic hydroxyl groups is 1. The average molecular weight is 1030 g/mol. The normalized spacial score (nSPS) is 21.2. The van der Waals surface area contributed by atoms with Crippen LogP contribution in [0.15, 0.2) is 89.8 Å². The molecule has 7 aromatic rings. The third kappa shape index (κ3) is 9.78. The van der Waals surface area contributed by atoms with E-state index in [-0.39, 0.29) is 61.0 Å². The van der Waals surface area contributed by atoms with E-state index in [0.717, 1.165) is 66.1 Å². The summed E-state index contributed by atoms with van der Waals surface area (Å²) in [5, 5.41) is 32.4. The minimum absolute atomic E-state index is 0.0855. The molecule has 10 rings (SSSR count). The number of carbonyl (C=O) groups excluding carboxylic acids is 3. The lowest BCUT2D eigenvalue weighted by molar-refractivity contribution is -0.135. The topological polar surface area (TPSA) is 191 Å². The van der Waals surface area contributed by atoms with Crippen molar-refractivity contribution in [2.45, 2.75) is 117 Å². The van der Waals surface area contributed by atoms with E-state index in [4.69, 9.17) is 21.3 Å². The zero-order chi connectivity index (χ0) is 50.5. The molecule has 18 heteroatoms. The van der Waals surface area contributed by atoms with Gasteiger partial charge in [0.25, 0.3) is 0 Å². The number of hydrogen-bond donors (Lipinski definition) is 3. The Morgan fingerprint density at radius 2 is 1.62 bits per heavy atom. The van der Waals surface area contributed by atoms with Gasteiger partial charge in [0, 0.05) is 69.9 Å².